The molecular formula is C21H23N5O. The lowest BCUT2D eigenvalue weighted by Crippen LogP contribution is -2.12. The molecule has 0 unspecified atom stereocenters. The highest BCUT2D eigenvalue weighted by Gasteiger charge is 2.17. The fraction of sp³-hybridized carbons (Fsp3) is 0.286. The lowest BCUT2D eigenvalue weighted by Gasteiger charge is -2.11. The number of nitrogens with zero attached hydrogens (tertiary/aromatic N) is 4. The van der Waals surface area contributed by atoms with Crippen molar-refractivity contribution in [2.45, 2.75) is 40.2 Å². The maximum Gasteiger partial charge on any atom is 0.224 e. The molecule has 0 aliphatic heterocycles. The monoisotopic (exact) mass is 361 g/mol. The van der Waals surface area contributed by atoms with E-state index in [-0.39, 0.29) is 5.91 Å². The van der Waals surface area contributed by atoms with E-state index in [9.17, 15) is 4.79 Å². The molecule has 4 aromatic rings. The fourth-order valence-corrected chi connectivity index (χ4v) is 3.54. The molecule has 0 aliphatic carbocycles. The molecule has 0 radical (unpaired) electrons. The minimum atomic E-state index is -0.00251. The summed E-state index contributed by atoms with van der Waals surface area (Å²) < 4.78 is 4.28. The van der Waals surface area contributed by atoms with Gasteiger partial charge >= 0.3 is 0 Å². The SMILES string of the molecule is CCCC(=O)Nc1cc2c(cc(C)n2Cc2ccccc2)n2c(C)nnc12. The van der Waals surface area contributed by atoms with Crippen LogP contribution in [0.15, 0.2) is 42.5 Å². The third kappa shape index (κ3) is 3.07. The predicted octanol–water partition coefficient (Wildman–Crippen LogP) is 4.09. The number of carbonyl (C=O) groups is 1. The van der Waals surface area contributed by atoms with Crippen molar-refractivity contribution in [2.24, 2.45) is 0 Å². The highest BCUT2D eigenvalue weighted by Crippen LogP contribution is 2.28. The summed E-state index contributed by atoms with van der Waals surface area (Å²) in [5, 5.41) is 11.5. The Kier molecular flexibility index (Phi) is 4.39. The lowest BCUT2D eigenvalue weighted by atomic mass is 10.2. The maximum absolute atomic E-state index is 12.2. The molecule has 27 heavy (non-hydrogen) atoms. The molecule has 0 saturated heterocycles. The van der Waals surface area contributed by atoms with Crippen molar-refractivity contribution in [3.8, 4) is 0 Å². The molecule has 0 fully saturated rings. The van der Waals surface area contributed by atoms with Crippen molar-refractivity contribution in [1.82, 2.24) is 19.2 Å². The van der Waals surface area contributed by atoms with Gasteiger partial charge < -0.3 is 9.88 Å². The number of aromatic nitrogens is 4. The topological polar surface area (TPSA) is 64.2 Å². The van der Waals surface area contributed by atoms with Gasteiger partial charge in [-0.25, -0.2) is 0 Å². The summed E-state index contributed by atoms with van der Waals surface area (Å²) in [5.41, 5.74) is 5.87. The molecule has 0 saturated carbocycles. The zero-order valence-electron chi connectivity index (χ0n) is 15.9. The molecule has 3 aromatic heterocycles. The average Bonchev–Trinajstić information content (AvgIpc) is 3.18. The van der Waals surface area contributed by atoms with Crippen LogP contribution in [0, 0.1) is 13.8 Å². The standard InChI is InChI=1S/C21H23N5O/c1-4-8-20(27)22-17-12-18-19(26-15(3)23-24-21(17)26)11-14(2)25(18)13-16-9-6-5-7-10-16/h5-7,9-12H,4,8,13H2,1-3H3,(H,22,27). The molecule has 3 heterocycles. The Hall–Kier alpha value is -3.15. The van der Waals surface area contributed by atoms with Gasteiger partial charge in [-0.05, 0) is 38.0 Å². The van der Waals surface area contributed by atoms with Gasteiger partial charge in [0.2, 0.25) is 5.91 Å². The molecule has 6 nitrogen and oxygen atoms in total. The number of carbonyl (C=O) groups excluding carboxylic acids is 1. The Balaban J connectivity index is 1.90. The van der Waals surface area contributed by atoms with Crippen LogP contribution in [0.25, 0.3) is 16.7 Å². The molecule has 6 heteroatoms. The zero-order valence-corrected chi connectivity index (χ0v) is 15.9. The van der Waals surface area contributed by atoms with Crippen LogP contribution in [-0.2, 0) is 11.3 Å². The van der Waals surface area contributed by atoms with Gasteiger partial charge in [-0.15, -0.1) is 10.2 Å². The number of hydrogen-bond donors (Lipinski definition) is 1. The van der Waals surface area contributed by atoms with Gasteiger partial charge in [-0.1, -0.05) is 37.3 Å². The van der Waals surface area contributed by atoms with Gasteiger partial charge in [0, 0.05) is 18.7 Å². The Morgan fingerprint density at radius 3 is 2.59 bits per heavy atom. The van der Waals surface area contributed by atoms with Crippen molar-refractivity contribution >= 4 is 28.3 Å². The normalized spacial score (nSPS) is 11.4. The Labute approximate surface area is 157 Å². The number of fused-ring (bicyclic) bond motifs is 3. The molecule has 0 atom stereocenters. The highest BCUT2D eigenvalue weighted by atomic mass is 16.1. The quantitative estimate of drug-likeness (QED) is 0.582. The summed E-state index contributed by atoms with van der Waals surface area (Å²) in [4.78, 5) is 12.2. The molecular weight excluding hydrogens is 338 g/mol. The number of amides is 1. The zero-order chi connectivity index (χ0) is 19.0. The second-order valence-corrected chi connectivity index (χ2v) is 6.89. The van der Waals surface area contributed by atoms with Crippen LogP contribution in [0.1, 0.15) is 36.8 Å². The maximum atomic E-state index is 12.2. The summed E-state index contributed by atoms with van der Waals surface area (Å²) in [6, 6.07) is 14.5. The molecule has 1 aromatic carbocycles. The molecule has 4 rings (SSSR count). The van der Waals surface area contributed by atoms with Gasteiger partial charge in [-0.2, -0.15) is 0 Å². The Bertz CT molecular complexity index is 1120. The van der Waals surface area contributed by atoms with E-state index < -0.39 is 0 Å². The summed E-state index contributed by atoms with van der Waals surface area (Å²) >= 11 is 0. The van der Waals surface area contributed by atoms with Gasteiger partial charge in [0.25, 0.3) is 0 Å². The van der Waals surface area contributed by atoms with Crippen molar-refractivity contribution < 1.29 is 4.79 Å². The van der Waals surface area contributed by atoms with E-state index in [0.29, 0.717) is 17.8 Å². The largest absolute Gasteiger partial charge is 0.339 e. The molecule has 0 aliphatic rings. The van der Waals surface area contributed by atoms with Gasteiger partial charge in [-0.3, -0.25) is 9.20 Å². The van der Waals surface area contributed by atoms with Crippen molar-refractivity contribution in [1.29, 1.82) is 0 Å². The minimum absolute atomic E-state index is 0.00251. The van der Waals surface area contributed by atoms with Gasteiger partial charge in [0.15, 0.2) is 5.65 Å². The molecule has 0 bridgehead atoms. The number of benzene rings is 1. The fourth-order valence-electron chi connectivity index (χ4n) is 3.54. The van der Waals surface area contributed by atoms with Crippen molar-refractivity contribution in [3.05, 3.63) is 59.5 Å². The first-order valence-corrected chi connectivity index (χ1v) is 9.27. The Morgan fingerprint density at radius 1 is 1.07 bits per heavy atom. The van der Waals surface area contributed by atoms with Crippen molar-refractivity contribution in [2.75, 3.05) is 5.32 Å². The summed E-state index contributed by atoms with van der Waals surface area (Å²) in [6.07, 6.45) is 1.29. The number of pyridine rings is 1. The molecule has 1 amide bonds. The van der Waals surface area contributed by atoms with Crippen molar-refractivity contribution in [3.63, 3.8) is 0 Å². The highest BCUT2D eigenvalue weighted by molar-refractivity contribution is 5.98. The first kappa shape index (κ1) is 17.3. The van der Waals surface area contributed by atoms with E-state index >= 15 is 0 Å². The number of anilines is 1. The second kappa shape index (κ2) is 6.87. The molecule has 0 spiro atoms. The summed E-state index contributed by atoms with van der Waals surface area (Å²) in [5.74, 6) is 0.802. The number of rotatable bonds is 5. The van der Waals surface area contributed by atoms with E-state index in [1.54, 1.807) is 0 Å². The molecule has 138 valence electrons. The predicted molar refractivity (Wildman–Crippen MR) is 107 cm³/mol. The average molecular weight is 361 g/mol. The van der Waals surface area contributed by atoms with Crippen LogP contribution in [0.3, 0.4) is 0 Å². The van der Waals surface area contributed by atoms with Crippen LogP contribution < -0.4 is 5.32 Å². The summed E-state index contributed by atoms with van der Waals surface area (Å²) in [6.45, 7) is 6.80. The van der Waals surface area contributed by atoms with Crippen LogP contribution in [0.2, 0.25) is 0 Å². The van der Waals surface area contributed by atoms with Gasteiger partial charge in [0.05, 0.1) is 16.7 Å². The first-order chi connectivity index (χ1) is 13.1. The van der Waals surface area contributed by atoms with Crippen LogP contribution >= 0.6 is 0 Å². The van der Waals surface area contributed by atoms with E-state index in [0.717, 1.165) is 35.5 Å². The second-order valence-electron chi connectivity index (χ2n) is 6.89. The third-order valence-corrected chi connectivity index (χ3v) is 4.85. The minimum Gasteiger partial charge on any atom is -0.339 e. The first-order valence-electron chi connectivity index (χ1n) is 9.27. The number of aryl methyl sites for hydroxylation is 2. The van der Waals surface area contributed by atoms with E-state index in [4.69, 9.17) is 0 Å². The summed E-state index contributed by atoms with van der Waals surface area (Å²) in [7, 11) is 0. The van der Waals surface area contributed by atoms with E-state index in [2.05, 4.69) is 57.3 Å². The third-order valence-electron chi connectivity index (χ3n) is 4.85. The van der Waals surface area contributed by atoms with Gasteiger partial charge in [0.1, 0.15) is 5.82 Å². The van der Waals surface area contributed by atoms with E-state index in [1.807, 2.05) is 30.4 Å². The number of nitrogens with one attached hydrogen (secondary N) is 1. The number of hydrogen-bond acceptors (Lipinski definition) is 3. The van der Waals surface area contributed by atoms with Crippen LogP contribution in [0.4, 0.5) is 5.69 Å². The van der Waals surface area contributed by atoms with E-state index in [1.165, 1.54) is 5.56 Å². The van der Waals surface area contributed by atoms with Crippen LogP contribution in [-0.4, -0.2) is 25.1 Å². The Morgan fingerprint density at radius 2 is 1.85 bits per heavy atom. The molecule has 1 N–H and O–H groups in total. The smallest absolute Gasteiger partial charge is 0.224 e. The van der Waals surface area contributed by atoms with Crippen LogP contribution in [0.5, 0.6) is 0 Å². The lowest BCUT2D eigenvalue weighted by molar-refractivity contribution is -0.116.